The highest BCUT2D eigenvalue weighted by molar-refractivity contribution is 6.24. The van der Waals surface area contributed by atoms with Gasteiger partial charge in [0.15, 0.2) is 11.6 Å². The zero-order valence-electron chi connectivity index (χ0n) is 28.7. The third-order valence-corrected chi connectivity index (χ3v) is 9.85. The first-order valence-corrected chi connectivity index (χ1v) is 16.8. The Labute approximate surface area is 299 Å². The zero-order chi connectivity index (χ0) is 38.3. The molecule has 0 unspecified atom stereocenters. The molecule has 17 heteroatoms. The summed E-state index contributed by atoms with van der Waals surface area (Å²) in [6.45, 7) is 3.10. The number of halogens is 7. The van der Waals surface area contributed by atoms with Crippen LogP contribution in [0.25, 0.3) is 11.1 Å². The summed E-state index contributed by atoms with van der Waals surface area (Å²) in [6, 6.07) is 6.82. The van der Waals surface area contributed by atoms with Gasteiger partial charge in [0.2, 0.25) is 5.82 Å². The summed E-state index contributed by atoms with van der Waals surface area (Å²) in [5.74, 6) is -9.09. The second kappa shape index (κ2) is 14.6. The van der Waals surface area contributed by atoms with E-state index in [0.29, 0.717) is 58.3 Å². The van der Waals surface area contributed by atoms with E-state index in [4.69, 9.17) is 9.47 Å². The van der Waals surface area contributed by atoms with Gasteiger partial charge in [-0.1, -0.05) is 12.1 Å². The van der Waals surface area contributed by atoms with Crippen molar-refractivity contribution in [3.63, 3.8) is 0 Å². The monoisotopic (exact) mass is 751 g/mol. The van der Waals surface area contributed by atoms with Crippen molar-refractivity contribution in [3.8, 4) is 16.9 Å². The van der Waals surface area contributed by atoms with Gasteiger partial charge >= 0.3 is 6.18 Å². The molecule has 0 radical (unpaired) electrons. The van der Waals surface area contributed by atoms with Gasteiger partial charge < -0.3 is 19.9 Å². The van der Waals surface area contributed by atoms with Crippen LogP contribution in [0.3, 0.4) is 0 Å². The average molecular weight is 752 g/mol. The van der Waals surface area contributed by atoms with Crippen LogP contribution in [-0.4, -0.2) is 88.9 Å². The van der Waals surface area contributed by atoms with Gasteiger partial charge in [-0.2, -0.15) is 26.3 Å². The van der Waals surface area contributed by atoms with E-state index in [2.05, 4.69) is 15.2 Å². The predicted octanol–water partition coefficient (Wildman–Crippen LogP) is 6.43. The molecule has 3 aromatic rings. The lowest BCUT2D eigenvalue weighted by Gasteiger charge is -2.54. The van der Waals surface area contributed by atoms with E-state index in [1.54, 1.807) is 0 Å². The van der Waals surface area contributed by atoms with Gasteiger partial charge in [0, 0.05) is 62.2 Å². The Morgan fingerprint density at radius 2 is 1.75 bits per heavy atom. The minimum atomic E-state index is -4.81. The number of hydrogen-bond acceptors (Lipinski definition) is 8. The van der Waals surface area contributed by atoms with E-state index in [1.165, 1.54) is 24.2 Å². The standard InChI is InChI=1S/C36H36F7N5O5/c1-34(39,40)27-9-5-21(19-44-27)24-18-23(36(41,42)43)6-7-25(24)45-32(50)28-31(49)35(10-3-11-35)46(2)48(33(28)51)20-22-4-8-26(30(38)29(22)37)53-17-14-47-12-15-52-16-13-47/h4-9,18-19,49H,3,10-17,20H2,1-2H3,(H,45,50). The van der Waals surface area contributed by atoms with Crippen molar-refractivity contribution in [2.24, 2.45) is 0 Å². The SMILES string of the molecule is CN1N(Cc2ccc(OCCN3CCOCC3)c(F)c2F)C(=O)C(C(=O)Nc2ccc(C(F)(F)F)cc2-c2ccc(C(C)(F)F)nc2)=C(O)C12CCC2. The number of likely N-dealkylation sites (N-methyl/N-ethyl adjacent to an activating group) is 1. The van der Waals surface area contributed by atoms with Gasteiger partial charge in [0.1, 0.15) is 23.6 Å². The fourth-order valence-electron chi connectivity index (χ4n) is 6.58. The Hall–Kier alpha value is -4.74. The number of aromatic nitrogens is 1. The molecule has 0 bridgehead atoms. The number of anilines is 1. The maximum Gasteiger partial charge on any atom is 0.416 e. The largest absolute Gasteiger partial charge is 0.509 e. The second-order valence-corrected chi connectivity index (χ2v) is 13.2. The number of rotatable bonds is 10. The third-order valence-electron chi connectivity index (χ3n) is 9.85. The van der Waals surface area contributed by atoms with Gasteiger partial charge in [-0.15, -0.1) is 0 Å². The lowest BCUT2D eigenvalue weighted by atomic mass is 9.72. The zero-order valence-corrected chi connectivity index (χ0v) is 28.7. The summed E-state index contributed by atoms with van der Waals surface area (Å²) in [7, 11) is 1.46. The number of nitrogens with one attached hydrogen (secondary N) is 1. The van der Waals surface area contributed by atoms with Crippen molar-refractivity contribution in [2.45, 2.75) is 50.4 Å². The van der Waals surface area contributed by atoms with Crippen molar-refractivity contribution in [1.82, 2.24) is 19.9 Å². The lowest BCUT2D eigenvalue weighted by Crippen LogP contribution is -2.65. The summed E-state index contributed by atoms with van der Waals surface area (Å²) >= 11 is 0. The number of ether oxygens (including phenoxy) is 2. The quantitative estimate of drug-likeness (QED) is 0.181. The highest BCUT2D eigenvalue weighted by atomic mass is 19.4. The average Bonchev–Trinajstić information content (AvgIpc) is 3.08. The Kier molecular flexibility index (Phi) is 10.5. The Morgan fingerprint density at radius 3 is 2.36 bits per heavy atom. The molecule has 2 aliphatic heterocycles. The van der Waals surface area contributed by atoms with E-state index in [9.17, 15) is 36.6 Å². The molecule has 1 spiro atoms. The van der Waals surface area contributed by atoms with Crippen molar-refractivity contribution in [2.75, 3.05) is 51.8 Å². The fourth-order valence-corrected chi connectivity index (χ4v) is 6.58. The first-order valence-electron chi connectivity index (χ1n) is 16.8. The predicted molar refractivity (Wildman–Crippen MR) is 177 cm³/mol. The molecule has 3 heterocycles. The smallest absolute Gasteiger partial charge is 0.416 e. The van der Waals surface area contributed by atoms with Crippen LogP contribution in [0.2, 0.25) is 0 Å². The van der Waals surface area contributed by atoms with Crippen LogP contribution < -0.4 is 10.1 Å². The van der Waals surface area contributed by atoms with Crippen molar-refractivity contribution >= 4 is 17.5 Å². The van der Waals surface area contributed by atoms with Crippen LogP contribution in [0, 0.1) is 11.6 Å². The number of alkyl halides is 5. The van der Waals surface area contributed by atoms with Crippen LogP contribution >= 0.6 is 0 Å². The molecule has 53 heavy (non-hydrogen) atoms. The number of aliphatic hydroxyl groups is 1. The summed E-state index contributed by atoms with van der Waals surface area (Å²) in [4.78, 5) is 33.5. The molecule has 10 nitrogen and oxygen atoms in total. The van der Waals surface area contributed by atoms with E-state index >= 15 is 8.78 Å². The van der Waals surface area contributed by atoms with Gasteiger partial charge in [-0.05, 0) is 49.6 Å². The van der Waals surface area contributed by atoms with E-state index < -0.39 is 70.2 Å². The molecule has 6 rings (SSSR count). The number of pyridine rings is 1. The number of amides is 2. The Morgan fingerprint density at radius 1 is 1.04 bits per heavy atom. The second-order valence-electron chi connectivity index (χ2n) is 13.2. The molecule has 3 aliphatic rings. The van der Waals surface area contributed by atoms with E-state index in [1.807, 2.05) is 0 Å². The van der Waals surface area contributed by atoms with Gasteiger partial charge in [0.05, 0.1) is 30.9 Å². The van der Waals surface area contributed by atoms with Gasteiger partial charge in [-0.3, -0.25) is 24.5 Å². The number of benzene rings is 2. The molecule has 1 aromatic heterocycles. The molecule has 1 aliphatic carbocycles. The molecule has 284 valence electrons. The number of aliphatic hydroxyl groups excluding tert-OH is 1. The maximum absolute atomic E-state index is 15.5. The normalized spacial score (nSPS) is 18.4. The number of carbonyl (C=O) groups is 2. The maximum atomic E-state index is 15.5. The van der Waals surface area contributed by atoms with Crippen molar-refractivity contribution in [3.05, 3.63) is 88.4 Å². The molecule has 1 saturated heterocycles. The topological polar surface area (TPSA) is 107 Å². The minimum Gasteiger partial charge on any atom is -0.509 e. The molecule has 2 fully saturated rings. The molecule has 2 aromatic carbocycles. The number of hydrazine groups is 1. The number of hydrogen-bond donors (Lipinski definition) is 2. The number of carbonyl (C=O) groups excluding carboxylic acids is 2. The first kappa shape index (κ1) is 38.0. The molecule has 2 amide bonds. The summed E-state index contributed by atoms with van der Waals surface area (Å²) in [6.07, 6.45) is -2.73. The van der Waals surface area contributed by atoms with Crippen molar-refractivity contribution in [1.29, 1.82) is 0 Å². The number of nitrogens with zero attached hydrogens (tertiary/aromatic N) is 4. The van der Waals surface area contributed by atoms with Crippen LogP contribution in [0.15, 0.2) is 60.0 Å². The Bertz CT molecular complexity index is 1910. The fraction of sp³-hybridized carbons (Fsp3) is 0.417. The van der Waals surface area contributed by atoms with E-state index in [0.717, 1.165) is 29.4 Å². The molecular weight excluding hydrogens is 715 g/mol. The van der Waals surface area contributed by atoms with Gasteiger partial charge in [0.25, 0.3) is 17.7 Å². The summed E-state index contributed by atoms with van der Waals surface area (Å²) in [5, 5.41) is 16.2. The van der Waals surface area contributed by atoms with Crippen LogP contribution in [-0.2, 0) is 33.0 Å². The molecule has 0 atom stereocenters. The lowest BCUT2D eigenvalue weighted by molar-refractivity contribution is -0.172. The number of morpholine rings is 1. The molecular formula is C36H36F7N5O5. The first-order chi connectivity index (χ1) is 25.0. The van der Waals surface area contributed by atoms with Crippen LogP contribution in [0.5, 0.6) is 5.75 Å². The van der Waals surface area contributed by atoms with Crippen LogP contribution in [0.4, 0.5) is 36.4 Å². The third kappa shape index (κ3) is 7.55. The minimum absolute atomic E-state index is 0.0598. The van der Waals surface area contributed by atoms with Gasteiger partial charge in [-0.25, -0.2) is 9.40 Å². The summed E-state index contributed by atoms with van der Waals surface area (Å²) < 4.78 is 110. The summed E-state index contributed by atoms with van der Waals surface area (Å²) in [5.41, 5.74) is -4.59. The van der Waals surface area contributed by atoms with Crippen LogP contribution in [0.1, 0.15) is 43.0 Å². The van der Waals surface area contributed by atoms with Crippen molar-refractivity contribution < 1.29 is 54.9 Å². The molecule has 2 N–H and O–H groups in total. The van der Waals surface area contributed by atoms with E-state index in [-0.39, 0.29) is 47.6 Å². The highest BCUT2D eigenvalue weighted by Crippen LogP contribution is 2.47. The molecule has 1 saturated carbocycles. The highest BCUT2D eigenvalue weighted by Gasteiger charge is 2.55. The Balaban J connectivity index is 1.27.